The van der Waals surface area contributed by atoms with Gasteiger partial charge in [0.05, 0.1) is 6.10 Å². The van der Waals surface area contributed by atoms with Gasteiger partial charge in [0, 0.05) is 12.1 Å². The van der Waals surface area contributed by atoms with Crippen molar-refractivity contribution in [1.82, 2.24) is 5.32 Å². The van der Waals surface area contributed by atoms with Crippen LogP contribution in [0, 0.1) is 0 Å². The summed E-state index contributed by atoms with van der Waals surface area (Å²) in [6, 6.07) is 0.557. The van der Waals surface area contributed by atoms with E-state index >= 15 is 0 Å². The molecule has 0 aliphatic heterocycles. The minimum atomic E-state index is -0.0100. The molecule has 0 aromatic carbocycles. The predicted octanol–water partition coefficient (Wildman–Crippen LogP) is 0.797. The molecule has 1 amide bonds. The minimum Gasteiger partial charge on any atom is -0.368 e. The van der Waals surface area contributed by atoms with Gasteiger partial charge >= 0.3 is 0 Å². The van der Waals surface area contributed by atoms with E-state index in [-0.39, 0.29) is 30.7 Å². The maximum Gasteiger partial charge on any atom is 0.246 e. The molecule has 0 spiro atoms. The van der Waals surface area contributed by atoms with Gasteiger partial charge in [-0.2, -0.15) is 0 Å². The Kier molecular flexibility index (Phi) is 5.05. The fraction of sp³-hybridized carbons (Fsp3) is 0.909. The molecule has 0 saturated heterocycles. The summed E-state index contributed by atoms with van der Waals surface area (Å²) in [6.45, 7) is 4.31. The Morgan fingerprint density at radius 1 is 1.47 bits per heavy atom. The van der Waals surface area contributed by atoms with Gasteiger partial charge in [0.15, 0.2) is 0 Å². The smallest absolute Gasteiger partial charge is 0.246 e. The summed E-state index contributed by atoms with van der Waals surface area (Å²) in [5, 5.41) is 2.94. The van der Waals surface area contributed by atoms with Crippen molar-refractivity contribution < 1.29 is 9.53 Å². The van der Waals surface area contributed by atoms with Crippen LogP contribution in [0.1, 0.15) is 39.5 Å². The standard InChI is InChI=1S/C11H22N2O2/c1-3-9(4-2)13-11(14)7-15-10-5-8(12)6-10/h8-10H,3-7,12H2,1-2H3,(H,13,14). The van der Waals surface area contributed by atoms with Gasteiger partial charge in [0.25, 0.3) is 0 Å². The normalized spacial score (nSPS) is 25.1. The van der Waals surface area contributed by atoms with E-state index in [0.717, 1.165) is 25.7 Å². The first kappa shape index (κ1) is 12.5. The van der Waals surface area contributed by atoms with Crippen molar-refractivity contribution in [1.29, 1.82) is 0 Å². The molecule has 0 bridgehead atoms. The van der Waals surface area contributed by atoms with Crippen LogP contribution in [0.4, 0.5) is 0 Å². The topological polar surface area (TPSA) is 64.3 Å². The minimum absolute atomic E-state index is 0.0100. The first-order valence-corrected chi connectivity index (χ1v) is 5.82. The lowest BCUT2D eigenvalue weighted by molar-refractivity contribution is -0.130. The number of carbonyl (C=O) groups is 1. The molecule has 0 heterocycles. The maximum absolute atomic E-state index is 11.4. The molecule has 4 heteroatoms. The van der Waals surface area contributed by atoms with Gasteiger partial charge in [0.1, 0.15) is 6.61 Å². The molecule has 1 aliphatic rings. The van der Waals surface area contributed by atoms with Crippen molar-refractivity contribution in [3.05, 3.63) is 0 Å². The molecule has 1 aliphatic carbocycles. The van der Waals surface area contributed by atoms with E-state index in [0.29, 0.717) is 0 Å². The Hall–Kier alpha value is -0.610. The fourth-order valence-electron chi connectivity index (χ4n) is 1.70. The highest BCUT2D eigenvalue weighted by Crippen LogP contribution is 2.20. The van der Waals surface area contributed by atoms with E-state index < -0.39 is 0 Å². The zero-order chi connectivity index (χ0) is 11.3. The van der Waals surface area contributed by atoms with Crippen molar-refractivity contribution >= 4 is 5.91 Å². The first-order valence-electron chi connectivity index (χ1n) is 5.82. The maximum atomic E-state index is 11.4. The summed E-state index contributed by atoms with van der Waals surface area (Å²) in [5.74, 6) is -0.0100. The van der Waals surface area contributed by atoms with Crippen LogP contribution in [0.2, 0.25) is 0 Å². The van der Waals surface area contributed by atoms with Crippen LogP contribution >= 0.6 is 0 Å². The van der Waals surface area contributed by atoms with Gasteiger partial charge < -0.3 is 15.8 Å². The van der Waals surface area contributed by atoms with Gasteiger partial charge in [-0.1, -0.05) is 13.8 Å². The summed E-state index contributed by atoms with van der Waals surface area (Å²) in [7, 11) is 0. The second-order valence-corrected chi connectivity index (χ2v) is 4.25. The van der Waals surface area contributed by atoms with Gasteiger partial charge in [-0.3, -0.25) is 4.79 Å². The summed E-state index contributed by atoms with van der Waals surface area (Å²) >= 11 is 0. The molecule has 88 valence electrons. The van der Waals surface area contributed by atoms with E-state index in [1.54, 1.807) is 0 Å². The van der Waals surface area contributed by atoms with Gasteiger partial charge in [-0.25, -0.2) is 0 Å². The molecule has 3 N–H and O–H groups in total. The van der Waals surface area contributed by atoms with Crippen molar-refractivity contribution in [3.8, 4) is 0 Å². The summed E-state index contributed by atoms with van der Waals surface area (Å²) in [5.41, 5.74) is 5.62. The second-order valence-electron chi connectivity index (χ2n) is 4.25. The third kappa shape index (κ3) is 4.18. The van der Waals surface area contributed by atoms with Crippen LogP contribution in [0.25, 0.3) is 0 Å². The predicted molar refractivity (Wildman–Crippen MR) is 59.5 cm³/mol. The molecule has 1 fully saturated rings. The molecule has 0 unspecified atom stereocenters. The second kappa shape index (κ2) is 6.08. The zero-order valence-electron chi connectivity index (χ0n) is 9.66. The number of rotatable bonds is 6. The summed E-state index contributed by atoms with van der Waals surface area (Å²) < 4.78 is 5.41. The third-order valence-electron chi connectivity index (χ3n) is 2.93. The quantitative estimate of drug-likeness (QED) is 0.687. The van der Waals surface area contributed by atoms with Crippen molar-refractivity contribution in [2.24, 2.45) is 5.73 Å². The number of nitrogens with one attached hydrogen (secondary N) is 1. The van der Waals surface area contributed by atoms with Crippen LogP contribution in [-0.4, -0.2) is 30.7 Å². The molecule has 0 atom stereocenters. The number of amides is 1. The SMILES string of the molecule is CCC(CC)NC(=O)COC1CC(N)C1. The summed E-state index contributed by atoms with van der Waals surface area (Å²) in [6.07, 6.45) is 3.91. The van der Waals surface area contributed by atoms with Crippen molar-refractivity contribution in [2.75, 3.05) is 6.61 Å². The zero-order valence-corrected chi connectivity index (χ0v) is 9.66. The van der Waals surface area contributed by atoms with Crippen molar-refractivity contribution in [2.45, 2.75) is 57.7 Å². The van der Waals surface area contributed by atoms with Crippen LogP contribution < -0.4 is 11.1 Å². The Morgan fingerprint density at radius 3 is 2.53 bits per heavy atom. The van der Waals surface area contributed by atoms with E-state index in [4.69, 9.17) is 10.5 Å². The molecule has 0 aromatic heterocycles. The lowest BCUT2D eigenvalue weighted by Crippen LogP contribution is -2.44. The largest absolute Gasteiger partial charge is 0.368 e. The van der Waals surface area contributed by atoms with E-state index in [1.165, 1.54) is 0 Å². The highest BCUT2D eigenvalue weighted by Gasteiger charge is 2.27. The molecular weight excluding hydrogens is 192 g/mol. The molecule has 15 heavy (non-hydrogen) atoms. The van der Waals surface area contributed by atoms with Crippen LogP contribution in [-0.2, 0) is 9.53 Å². The molecule has 4 nitrogen and oxygen atoms in total. The van der Waals surface area contributed by atoms with Crippen LogP contribution in [0.3, 0.4) is 0 Å². The Morgan fingerprint density at radius 2 is 2.07 bits per heavy atom. The number of carbonyl (C=O) groups excluding carboxylic acids is 1. The lowest BCUT2D eigenvalue weighted by atomic mass is 9.90. The molecule has 1 rings (SSSR count). The van der Waals surface area contributed by atoms with Crippen LogP contribution in [0.5, 0.6) is 0 Å². The Balaban J connectivity index is 2.08. The number of nitrogens with two attached hydrogens (primary N) is 1. The average molecular weight is 214 g/mol. The van der Waals surface area contributed by atoms with Gasteiger partial charge in [-0.15, -0.1) is 0 Å². The molecular formula is C11H22N2O2. The highest BCUT2D eigenvalue weighted by atomic mass is 16.5. The van der Waals surface area contributed by atoms with Gasteiger partial charge in [0.2, 0.25) is 5.91 Å². The van der Waals surface area contributed by atoms with Gasteiger partial charge in [-0.05, 0) is 25.7 Å². The first-order chi connectivity index (χ1) is 7.15. The van der Waals surface area contributed by atoms with E-state index in [2.05, 4.69) is 19.2 Å². The fourth-order valence-corrected chi connectivity index (χ4v) is 1.70. The Labute approximate surface area is 91.5 Å². The van der Waals surface area contributed by atoms with E-state index in [1.807, 2.05) is 0 Å². The molecule has 0 radical (unpaired) electrons. The van der Waals surface area contributed by atoms with Crippen molar-refractivity contribution in [3.63, 3.8) is 0 Å². The Bertz CT molecular complexity index is 199. The number of hydrogen-bond donors (Lipinski definition) is 2. The van der Waals surface area contributed by atoms with Crippen LogP contribution in [0.15, 0.2) is 0 Å². The number of hydrogen-bond acceptors (Lipinski definition) is 3. The molecule has 0 aromatic rings. The summed E-state index contributed by atoms with van der Waals surface area (Å²) in [4.78, 5) is 11.4. The van der Waals surface area contributed by atoms with E-state index in [9.17, 15) is 4.79 Å². The molecule has 1 saturated carbocycles. The third-order valence-corrected chi connectivity index (χ3v) is 2.93. The number of ether oxygens (including phenoxy) is 1. The lowest BCUT2D eigenvalue weighted by Gasteiger charge is -2.32. The highest BCUT2D eigenvalue weighted by molar-refractivity contribution is 5.77. The monoisotopic (exact) mass is 214 g/mol. The average Bonchev–Trinajstić information content (AvgIpc) is 2.19.